The highest BCUT2D eigenvalue weighted by Crippen LogP contribution is 2.48. The van der Waals surface area contributed by atoms with E-state index >= 15 is 0 Å². The molecule has 37 heavy (non-hydrogen) atoms. The molecule has 8 atom stereocenters. The van der Waals surface area contributed by atoms with Crippen molar-refractivity contribution >= 4 is 34.5 Å². The number of primary amides is 1. The Labute approximate surface area is 213 Å². The van der Waals surface area contributed by atoms with Gasteiger partial charge in [-0.15, -0.1) is 0 Å². The molecule has 1 aromatic heterocycles. The number of fused-ring (bicyclic) bond motifs is 2. The van der Waals surface area contributed by atoms with Gasteiger partial charge in [0.1, 0.15) is 24.2 Å². The second-order valence-electron chi connectivity index (χ2n) is 10.1. The molecule has 1 saturated carbocycles. The highest BCUT2D eigenvalue weighted by Gasteiger charge is 2.57. The number of nitrogens with one attached hydrogen (secondary N) is 3. The Balaban J connectivity index is 1.57. The maximum Gasteiger partial charge on any atom is 0.243 e. The maximum absolute atomic E-state index is 13.4. The van der Waals surface area contributed by atoms with Crippen molar-refractivity contribution in [1.29, 1.82) is 0 Å². The predicted molar refractivity (Wildman–Crippen MR) is 134 cm³/mol. The Hall–Kier alpha value is -3.48. The quantitative estimate of drug-likeness (QED) is 0.194. The number of aliphatic hydroxyl groups excluding tert-OH is 2. The first-order chi connectivity index (χ1) is 17.5. The number of piperidine rings is 1. The summed E-state index contributed by atoms with van der Waals surface area (Å²) in [5.41, 5.74) is 12.8. The second-order valence-corrected chi connectivity index (χ2v) is 10.1. The van der Waals surface area contributed by atoms with Crippen molar-refractivity contribution in [1.82, 2.24) is 20.5 Å². The van der Waals surface area contributed by atoms with Gasteiger partial charge in [0.2, 0.25) is 23.6 Å². The minimum absolute atomic E-state index is 0.0770. The van der Waals surface area contributed by atoms with E-state index in [1.165, 1.54) is 18.7 Å². The third kappa shape index (κ3) is 5.45. The van der Waals surface area contributed by atoms with Crippen LogP contribution in [0.3, 0.4) is 0 Å². The molecule has 12 heteroatoms. The molecule has 2 heterocycles. The van der Waals surface area contributed by atoms with Crippen molar-refractivity contribution in [3.8, 4) is 0 Å². The number of para-hydroxylation sites is 1. The number of nitrogens with zero attached hydrogens (tertiary/aromatic N) is 1. The number of carbonyl (C=O) groups excluding carboxylic acids is 4. The number of H-pyrrole nitrogens is 1. The molecule has 1 unspecified atom stereocenters. The summed E-state index contributed by atoms with van der Waals surface area (Å²) in [6.45, 7) is 2.74. The van der Waals surface area contributed by atoms with Crippen LogP contribution in [-0.2, 0) is 25.6 Å². The number of carbonyl (C=O) groups is 4. The zero-order chi connectivity index (χ0) is 27.0. The SMILES string of the molecule is C[C@@H](O)[C@H](N)C(=O)N1[C@H](C(=O)NC(Cc2c[nH]c3ccccc23)C(=O)N[C@H](C(N)=O)[C@@H](C)O)C[C@@H]2C[C@@H]21. The number of nitrogens with two attached hydrogens (primary N) is 2. The number of aromatic amines is 1. The molecule has 12 nitrogen and oxygen atoms in total. The number of hydrogen-bond donors (Lipinski definition) is 7. The van der Waals surface area contributed by atoms with Gasteiger partial charge in [0.05, 0.1) is 12.2 Å². The smallest absolute Gasteiger partial charge is 0.243 e. The molecule has 2 aliphatic rings. The number of hydrogen-bond acceptors (Lipinski definition) is 7. The van der Waals surface area contributed by atoms with E-state index in [0.717, 1.165) is 22.9 Å². The highest BCUT2D eigenvalue weighted by molar-refractivity contribution is 5.96. The number of aromatic nitrogens is 1. The average Bonchev–Trinajstić information content (AvgIpc) is 3.33. The van der Waals surface area contributed by atoms with Crippen LogP contribution < -0.4 is 22.1 Å². The fourth-order valence-corrected chi connectivity index (χ4v) is 5.07. The lowest BCUT2D eigenvalue weighted by molar-refractivity contribution is -0.143. The molecule has 4 rings (SSSR count). The van der Waals surface area contributed by atoms with Crippen molar-refractivity contribution in [2.24, 2.45) is 17.4 Å². The van der Waals surface area contributed by atoms with Gasteiger partial charge in [-0.2, -0.15) is 0 Å². The number of likely N-dealkylation sites (tertiary alicyclic amines) is 1. The first-order valence-electron chi connectivity index (χ1n) is 12.4. The van der Waals surface area contributed by atoms with Crippen molar-refractivity contribution in [3.05, 3.63) is 36.0 Å². The number of benzene rings is 1. The van der Waals surface area contributed by atoms with Crippen LogP contribution in [0.25, 0.3) is 10.9 Å². The first-order valence-corrected chi connectivity index (χ1v) is 12.4. The number of aliphatic hydroxyl groups is 2. The normalized spacial score (nSPS) is 24.5. The standard InChI is InChI=1S/C25H34N6O6/c1-11(32)20(26)25(37)31-18-8-13(18)9-19(31)24(36)29-17(23(35)30-21(12(2)33)22(27)34)7-14-10-28-16-6-4-3-5-15(14)16/h3-6,10-13,17-21,28,32-33H,7-9,26H2,1-2H3,(H2,27,34)(H,29,36)(H,30,35)/t11-,12-,13+,17?,18+,19+,20+,21+/m1/s1. The molecular weight excluding hydrogens is 480 g/mol. The first kappa shape index (κ1) is 26.6. The molecule has 200 valence electrons. The van der Waals surface area contributed by atoms with Gasteiger partial charge >= 0.3 is 0 Å². The lowest BCUT2D eigenvalue weighted by Gasteiger charge is -2.31. The number of amides is 4. The fourth-order valence-electron chi connectivity index (χ4n) is 5.07. The van der Waals surface area contributed by atoms with E-state index in [0.29, 0.717) is 6.42 Å². The average molecular weight is 515 g/mol. The van der Waals surface area contributed by atoms with E-state index in [1.54, 1.807) is 6.20 Å². The van der Waals surface area contributed by atoms with E-state index in [-0.39, 0.29) is 18.4 Å². The molecule has 9 N–H and O–H groups in total. The van der Waals surface area contributed by atoms with Gasteiger partial charge in [-0.25, -0.2) is 0 Å². The molecule has 1 aliphatic heterocycles. The molecule has 1 saturated heterocycles. The van der Waals surface area contributed by atoms with Crippen LogP contribution in [0.15, 0.2) is 30.5 Å². The van der Waals surface area contributed by atoms with E-state index < -0.39 is 60.0 Å². The second kappa shape index (κ2) is 10.5. The topological polar surface area (TPSA) is 204 Å². The minimum Gasteiger partial charge on any atom is -0.391 e. The highest BCUT2D eigenvalue weighted by atomic mass is 16.3. The van der Waals surface area contributed by atoms with Crippen molar-refractivity contribution in [2.45, 2.75) is 75.5 Å². The zero-order valence-electron chi connectivity index (χ0n) is 20.8. The largest absolute Gasteiger partial charge is 0.391 e. The molecule has 0 spiro atoms. The molecule has 2 aromatic rings. The van der Waals surface area contributed by atoms with Crippen molar-refractivity contribution < 1.29 is 29.4 Å². The van der Waals surface area contributed by atoms with Gasteiger partial charge in [0.15, 0.2) is 0 Å². The van der Waals surface area contributed by atoms with E-state index in [2.05, 4.69) is 15.6 Å². The predicted octanol–water partition coefficient (Wildman–Crippen LogP) is -1.76. The summed E-state index contributed by atoms with van der Waals surface area (Å²) < 4.78 is 0. The van der Waals surface area contributed by atoms with E-state index in [4.69, 9.17) is 11.5 Å². The van der Waals surface area contributed by atoms with Gasteiger partial charge in [0.25, 0.3) is 0 Å². The van der Waals surface area contributed by atoms with Crippen LogP contribution in [0.2, 0.25) is 0 Å². The summed E-state index contributed by atoms with van der Waals surface area (Å²) in [5.74, 6) is -2.51. The lowest BCUT2D eigenvalue weighted by Crippen LogP contribution is -2.60. The Bertz CT molecular complexity index is 1200. The van der Waals surface area contributed by atoms with Gasteiger partial charge < -0.3 is 42.2 Å². The molecule has 4 amide bonds. The maximum atomic E-state index is 13.4. The lowest BCUT2D eigenvalue weighted by atomic mass is 10.0. The third-order valence-electron chi connectivity index (χ3n) is 7.28. The van der Waals surface area contributed by atoms with Crippen LogP contribution in [0.5, 0.6) is 0 Å². The van der Waals surface area contributed by atoms with Crippen LogP contribution >= 0.6 is 0 Å². The summed E-state index contributed by atoms with van der Waals surface area (Å²) in [5, 5.41) is 25.8. The number of rotatable bonds is 10. The summed E-state index contributed by atoms with van der Waals surface area (Å²) in [4.78, 5) is 56.0. The monoisotopic (exact) mass is 514 g/mol. The summed E-state index contributed by atoms with van der Waals surface area (Å²) >= 11 is 0. The van der Waals surface area contributed by atoms with Gasteiger partial charge in [-0.05, 0) is 44.2 Å². The summed E-state index contributed by atoms with van der Waals surface area (Å²) in [7, 11) is 0. The van der Waals surface area contributed by atoms with E-state index in [1.807, 2.05) is 24.3 Å². The molecular formula is C25H34N6O6. The van der Waals surface area contributed by atoms with Crippen molar-refractivity contribution in [2.75, 3.05) is 0 Å². The third-order valence-corrected chi connectivity index (χ3v) is 7.28. The molecule has 1 aliphatic carbocycles. The van der Waals surface area contributed by atoms with Crippen LogP contribution in [-0.4, -0.2) is 86.1 Å². The molecule has 1 aromatic carbocycles. The minimum atomic E-state index is -1.35. The Morgan fingerprint density at radius 1 is 1.11 bits per heavy atom. The molecule has 0 radical (unpaired) electrons. The zero-order valence-corrected chi connectivity index (χ0v) is 20.8. The van der Waals surface area contributed by atoms with Gasteiger partial charge in [0, 0.05) is 29.6 Å². The fraction of sp³-hybridized carbons (Fsp3) is 0.520. The molecule has 2 fully saturated rings. The molecule has 0 bridgehead atoms. The Kier molecular flexibility index (Phi) is 7.53. The van der Waals surface area contributed by atoms with Crippen molar-refractivity contribution in [3.63, 3.8) is 0 Å². The summed E-state index contributed by atoms with van der Waals surface area (Å²) in [6, 6.07) is 2.86. The van der Waals surface area contributed by atoms with Gasteiger partial charge in [-0.1, -0.05) is 18.2 Å². The van der Waals surface area contributed by atoms with Crippen LogP contribution in [0.1, 0.15) is 32.3 Å². The van der Waals surface area contributed by atoms with Gasteiger partial charge in [-0.3, -0.25) is 19.2 Å². The summed E-state index contributed by atoms with van der Waals surface area (Å²) in [6.07, 6.45) is 0.667. The van der Waals surface area contributed by atoms with E-state index in [9.17, 15) is 29.4 Å². The van der Waals surface area contributed by atoms with Crippen LogP contribution in [0, 0.1) is 5.92 Å². The van der Waals surface area contributed by atoms with Crippen LogP contribution in [0.4, 0.5) is 0 Å². The Morgan fingerprint density at radius 2 is 1.81 bits per heavy atom. The Morgan fingerprint density at radius 3 is 2.46 bits per heavy atom.